The molecular weight excluding hydrogens is 424 g/mol. The highest BCUT2D eigenvalue weighted by Crippen LogP contribution is 2.28. The molecule has 5 rings (SSSR count). The van der Waals surface area contributed by atoms with Crippen molar-refractivity contribution in [3.05, 3.63) is 114 Å². The Balaban J connectivity index is 1.49. The molecule has 0 fully saturated rings. The Labute approximate surface area is 198 Å². The number of carbonyl (C=O) groups is 2. The maximum Gasteiger partial charge on any atom is 0.272 e. The average molecular weight is 451 g/mol. The topological polar surface area (TPSA) is 67.2 Å². The zero-order chi connectivity index (χ0) is 23.5. The highest BCUT2D eigenvalue weighted by Gasteiger charge is 2.30. The number of amides is 2. The summed E-state index contributed by atoms with van der Waals surface area (Å²) in [4.78, 5) is 33.1. The predicted molar refractivity (Wildman–Crippen MR) is 131 cm³/mol. The fourth-order valence-corrected chi connectivity index (χ4v) is 4.38. The van der Waals surface area contributed by atoms with Crippen molar-refractivity contribution >= 4 is 11.8 Å². The van der Waals surface area contributed by atoms with E-state index in [1.54, 1.807) is 4.90 Å². The smallest absolute Gasteiger partial charge is 0.272 e. The van der Waals surface area contributed by atoms with E-state index in [4.69, 9.17) is 4.98 Å². The van der Waals surface area contributed by atoms with Gasteiger partial charge in [-0.05, 0) is 24.6 Å². The van der Waals surface area contributed by atoms with E-state index in [0.717, 1.165) is 22.6 Å². The number of imidazole rings is 1. The summed E-state index contributed by atoms with van der Waals surface area (Å²) in [5.41, 5.74) is 3.73. The monoisotopic (exact) mass is 450 g/mol. The quantitative estimate of drug-likeness (QED) is 0.479. The number of nitrogens with one attached hydrogen (secondary N) is 1. The first-order valence-electron chi connectivity index (χ1n) is 11.5. The van der Waals surface area contributed by atoms with Gasteiger partial charge in [-0.2, -0.15) is 0 Å². The van der Waals surface area contributed by atoms with Crippen molar-refractivity contribution in [2.75, 3.05) is 6.54 Å². The molecular formula is C28H26N4O2. The van der Waals surface area contributed by atoms with Crippen molar-refractivity contribution in [3.8, 4) is 11.4 Å². The van der Waals surface area contributed by atoms with Crippen molar-refractivity contribution in [2.24, 2.45) is 0 Å². The molecule has 170 valence electrons. The van der Waals surface area contributed by atoms with Gasteiger partial charge in [-0.15, -0.1) is 0 Å². The van der Waals surface area contributed by atoms with Gasteiger partial charge in [-0.3, -0.25) is 9.59 Å². The first-order valence-corrected chi connectivity index (χ1v) is 11.5. The molecule has 3 aromatic carbocycles. The summed E-state index contributed by atoms with van der Waals surface area (Å²) in [7, 11) is 0. The summed E-state index contributed by atoms with van der Waals surface area (Å²) in [6.45, 7) is 3.42. The van der Waals surface area contributed by atoms with Crippen LogP contribution in [-0.2, 0) is 13.1 Å². The summed E-state index contributed by atoms with van der Waals surface area (Å²) in [5, 5.41) is 3.08. The largest absolute Gasteiger partial charge is 0.344 e. The van der Waals surface area contributed by atoms with Gasteiger partial charge in [-0.1, -0.05) is 78.9 Å². The summed E-state index contributed by atoms with van der Waals surface area (Å²) >= 11 is 0. The molecule has 1 aromatic heterocycles. The second-order valence-corrected chi connectivity index (χ2v) is 8.45. The highest BCUT2D eigenvalue weighted by atomic mass is 16.2. The van der Waals surface area contributed by atoms with E-state index in [1.165, 1.54) is 0 Å². The second kappa shape index (κ2) is 9.35. The molecule has 1 aliphatic heterocycles. The normalized spacial score (nSPS) is 13.7. The predicted octanol–water partition coefficient (Wildman–Crippen LogP) is 4.70. The molecule has 2 amide bonds. The Kier molecular flexibility index (Phi) is 5.95. The van der Waals surface area contributed by atoms with Crippen LogP contribution in [0.15, 0.2) is 91.0 Å². The molecule has 0 saturated carbocycles. The summed E-state index contributed by atoms with van der Waals surface area (Å²) in [6, 6.07) is 28.8. The number of aromatic nitrogens is 2. The van der Waals surface area contributed by atoms with E-state index in [9.17, 15) is 9.59 Å². The molecule has 4 aromatic rings. The minimum Gasteiger partial charge on any atom is -0.344 e. The Morgan fingerprint density at radius 2 is 1.47 bits per heavy atom. The Morgan fingerprint density at radius 1 is 0.853 bits per heavy atom. The van der Waals surface area contributed by atoms with Crippen molar-refractivity contribution in [2.45, 2.75) is 26.1 Å². The maximum atomic E-state index is 13.4. The molecule has 34 heavy (non-hydrogen) atoms. The molecule has 0 aliphatic carbocycles. The third-order valence-electron chi connectivity index (χ3n) is 6.21. The first-order chi connectivity index (χ1) is 16.6. The number of nitrogens with zero attached hydrogens (tertiary/aromatic N) is 3. The lowest BCUT2D eigenvalue weighted by atomic mass is 10.1. The van der Waals surface area contributed by atoms with Gasteiger partial charge in [0.2, 0.25) is 0 Å². The second-order valence-electron chi connectivity index (χ2n) is 8.45. The van der Waals surface area contributed by atoms with E-state index in [2.05, 4.69) is 9.88 Å². The number of carbonyl (C=O) groups excluding carboxylic acids is 2. The van der Waals surface area contributed by atoms with Gasteiger partial charge in [0, 0.05) is 24.2 Å². The molecule has 2 heterocycles. The molecule has 0 radical (unpaired) electrons. The zero-order valence-electron chi connectivity index (χ0n) is 19.0. The summed E-state index contributed by atoms with van der Waals surface area (Å²) in [6.07, 6.45) is 0. The molecule has 1 aliphatic rings. The van der Waals surface area contributed by atoms with Gasteiger partial charge in [-0.25, -0.2) is 4.98 Å². The lowest BCUT2D eigenvalue weighted by Crippen LogP contribution is -2.39. The molecule has 1 atom stereocenters. The van der Waals surface area contributed by atoms with E-state index in [1.807, 2.05) is 97.9 Å². The lowest BCUT2D eigenvalue weighted by molar-refractivity contribution is 0.0707. The van der Waals surface area contributed by atoms with Crippen LogP contribution in [0.1, 0.15) is 45.1 Å². The van der Waals surface area contributed by atoms with E-state index in [0.29, 0.717) is 30.9 Å². The standard InChI is InChI=1S/C28H26N4O2/c1-20(21-11-5-2-6-12-21)29-27(33)25-24-19-31(28(34)23-15-9-4-10-16-23)17-18-32(24)26(30-25)22-13-7-3-8-14-22/h2-16,20H,17-19H2,1H3,(H,29,33)/t20-/m0/s1. The fraction of sp³-hybridized carbons (Fsp3) is 0.179. The number of hydrogen-bond donors (Lipinski definition) is 1. The van der Waals surface area contributed by atoms with Crippen LogP contribution in [0.2, 0.25) is 0 Å². The van der Waals surface area contributed by atoms with Gasteiger partial charge in [0.05, 0.1) is 18.3 Å². The fourth-order valence-electron chi connectivity index (χ4n) is 4.38. The third-order valence-corrected chi connectivity index (χ3v) is 6.21. The van der Waals surface area contributed by atoms with Crippen molar-refractivity contribution in [1.82, 2.24) is 19.8 Å². The van der Waals surface area contributed by atoms with E-state index >= 15 is 0 Å². The van der Waals surface area contributed by atoms with Gasteiger partial charge >= 0.3 is 0 Å². The van der Waals surface area contributed by atoms with Crippen LogP contribution in [-0.4, -0.2) is 32.8 Å². The number of rotatable bonds is 5. The molecule has 0 spiro atoms. The minimum absolute atomic E-state index is 0.0432. The van der Waals surface area contributed by atoms with Crippen LogP contribution >= 0.6 is 0 Å². The number of hydrogen-bond acceptors (Lipinski definition) is 3. The van der Waals surface area contributed by atoms with Crippen LogP contribution < -0.4 is 5.32 Å². The molecule has 6 nitrogen and oxygen atoms in total. The molecule has 0 bridgehead atoms. The third kappa shape index (κ3) is 4.22. The molecule has 6 heteroatoms. The Morgan fingerprint density at radius 3 is 2.15 bits per heavy atom. The van der Waals surface area contributed by atoms with Crippen molar-refractivity contribution in [3.63, 3.8) is 0 Å². The van der Waals surface area contributed by atoms with Crippen LogP contribution in [0, 0.1) is 0 Å². The van der Waals surface area contributed by atoms with Crippen LogP contribution in [0.3, 0.4) is 0 Å². The number of fused-ring (bicyclic) bond motifs is 1. The molecule has 0 unspecified atom stereocenters. The lowest BCUT2D eigenvalue weighted by Gasteiger charge is -2.29. The Hall–Kier alpha value is -4.19. The van der Waals surface area contributed by atoms with Crippen LogP contribution in [0.4, 0.5) is 0 Å². The van der Waals surface area contributed by atoms with Gasteiger partial charge in [0.25, 0.3) is 11.8 Å². The van der Waals surface area contributed by atoms with Crippen LogP contribution in [0.25, 0.3) is 11.4 Å². The maximum absolute atomic E-state index is 13.4. The highest BCUT2D eigenvalue weighted by molar-refractivity contribution is 5.96. The van der Waals surface area contributed by atoms with Gasteiger partial charge < -0.3 is 14.8 Å². The van der Waals surface area contributed by atoms with Gasteiger partial charge in [0.15, 0.2) is 5.69 Å². The minimum atomic E-state index is -0.240. The average Bonchev–Trinajstić information content (AvgIpc) is 3.29. The van der Waals surface area contributed by atoms with E-state index < -0.39 is 0 Å². The van der Waals surface area contributed by atoms with E-state index in [-0.39, 0.29) is 17.9 Å². The van der Waals surface area contributed by atoms with Gasteiger partial charge in [0.1, 0.15) is 5.82 Å². The molecule has 0 saturated heterocycles. The molecule has 1 N–H and O–H groups in total. The van der Waals surface area contributed by atoms with Crippen molar-refractivity contribution in [1.29, 1.82) is 0 Å². The Bertz CT molecular complexity index is 1300. The van der Waals surface area contributed by atoms with Crippen molar-refractivity contribution < 1.29 is 9.59 Å². The van der Waals surface area contributed by atoms with Crippen LogP contribution in [0.5, 0.6) is 0 Å². The number of benzene rings is 3. The zero-order valence-corrected chi connectivity index (χ0v) is 19.0. The SMILES string of the molecule is C[C@H](NC(=O)c1nc(-c2ccccc2)n2c1CN(C(=O)c1ccccc1)CC2)c1ccccc1. The summed E-state index contributed by atoms with van der Waals surface area (Å²) in [5.74, 6) is 0.467. The first kappa shape index (κ1) is 21.6. The summed E-state index contributed by atoms with van der Waals surface area (Å²) < 4.78 is 2.08.